The number of hydrogen-bond acceptors (Lipinski definition) is 9. The lowest BCUT2D eigenvalue weighted by Crippen LogP contribution is -2.41. The minimum atomic E-state index is -1.18. The molecule has 2 aromatic heterocycles. The third-order valence-corrected chi connectivity index (χ3v) is 4.96. The van der Waals surface area contributed by atoms with Crippen molar-refractivity contribution in [2.24, 2.45) is 16.5 Å². The van der Waals surface area contributed by atoms with Crippen LogP contribution in [0.25, 0.3) is 0 Å². The number of amides is 4. The molecule has 0 aliphatic carbocycles. The maximum atomic E-state index is 12.5. The maximum absolute atomic E-state index is 12.5. The van der Waals surface area contributed by atoms with Gasteiger partial charge in [-0.15, -0.1) is 0 Å². The molecule has 0 bridgehead atoms. The van der Waals surface area contributed by atoms with E-state index in [2.05, 4.69) is 36.2 Å². The number of guanidine groups is 1. The van der Waals surface area contributed by atoms with Gasteiger partial charge in [0.05, 0.1) is 29.9 Å². The number of rotatable bonds is 14. The zero-order valence-corrected chi connectivity index (χ0v) is 21.1. The lowest BCUT2D eigenvalue weighted by molar-refractivity contribution is -0.124. The van der Waals surface area contributed by atoms with Gasteiger partial charge in [-0.3, -0.25) is 24.4 Å². The van der Waals surface area contributed by atoms with Gasteiger partial charge in [0, 0.05) is 18.9 Å². The number of carbonyl (C=O) groups is 5. The molecule has 0 fully saturated rings. The van der Waals surface area contributed by atoms with Crippen molar-refractivity contribution in [3.8, 4) is 6.07 Å². The minimum Gasteiger partial charge on any atom is -0.368 e. The number of aromatic amines is 2. The summed E-state index contributed by atoms with van der Waals surface area (Å²) >= 11 is 0. The van der Waals surface area contributed by atoms with Crippen molar-refractivity contribution >= 4 is 47.2 Å². The van der Waals surface area contributed by atoms with Gasteiger partial charge in [-0.05, 0) is 18.6 Å². The number of nitrogens with one attached hydrogen (secondary N) is 7. The number of aromatic nitrogens is 2. The molecule has 0 saturated carbocycles. The second-order valence-electron chi connectivity index (χ2n) is 8.03. The van der Waals surface area contributed by atoms with E-state index in [0.29, 0.717) is 6.29 Å². The summed E-state index contributed by atoms with van der Waals surface area (Å²) in [5, 5.41) is 27.8. The summed E-state index contributed by atoms with van der Waals surface area (Å²) in [6.45, 7) is -0.0824. The highest BCUT2D eigenvalue weighted by Gasteiger charge is 2.20. The molecule has 0 aliphatic heterocycles. The largest absolute Gasteiger partial charge is 0.368 e. The Morgan fingerprint density at radius 3 is 2.27 bits per heavy atom. The van der Waals surface area contributed by atoms with E-state index in [9.17, 15) is 29.2 Å². The lowest BCUT2D eigenvalue weighted by Gasteiger charge is -2.14. The smallest absolute Gasteiger partial charge is 0.272 e. The summed E-state index contributed by atoms with van der Waals surface area (Å²) in [5.41, 5.74) is 12.7. The van der Waals surface area contributed by atoms with Gasteiger partial charge in [0.15, 0.2) is 0 Å². The number of anilines is 2. The number of H-pyrrole nitrogens is 2. The third kappa shape index (κ3) is 10.1. The maximum Gasteiger partial charge on any atom is 0.272 e. The molecule has 17 heteroatoms. The molecular weight excluding hydrogens is 526 g/mol. The Morgan fingerprint density at radius 1 is 1.02 bits per heavy atom. The van der Waals surface area contributed by atoms with E-state index in [1.807, 2.05) is 6.07 Å². The van der Waals surface area contributed by atoms with Crippen LogP contribution in [-0.2, 0) is 14.4 Å². The summed E-state index contributed by atoms with van der Waals surface area (Å²) in [4.78, 5) is 69.1. The van der Waals surface area contributed by atoms with Gasteiger partial charge in [0.2, 0.25) is 17.8 Å². The predicted octanol–water partition coefficient (Wildman–Crippen LogP) is -1.57. The first-order valence-electron chi connectivity index (χ1n) is 11.7. The van der Waals surface area contributed by atoms with E-state index in [1.165, 1.54) is 24.5 Å². The van der Waals surface area contributed by atoms with E-state index >= 15 is 0 Å². The van der Waals surface area contributed by atoms with Gasteiger partial charge in [-0.25, -0.2) is 10.5 Å². The van der Waals surface area contributed by atoms with Crippen molar-refractivity contribution in [2.45, 2.75) is 24.9 Å². The summed E-state index contributed by atoms with van der Waals surface area (Å²) in [6.07, 6.45) is 6.39. The number of carbonyl (C=O) groups excluding carboxylic acids is 5. The van der Waals surface area contributed by atoms with Crippen LogP contribution in [0.1, 0.15) is 33.8 Å². The highest BCUT2D eigenvalue weighted by Crippen LogP contribution is 2.14. The SMILES string of the molecule is N#CC(CC(=O)NC(C=O)CC=CCN)NC(=O)c1cc(NC(=O)c2cc(NC(=O)CN=C(N)NO)c[nH]2)c[nH]1. The zero-order valence-electron chi connectivity index (χ0n) is 21.1. The fourth-order valence-corrected chi connectivity index (χ4v) is 3.09. The second-order valence-corrected chi connectivity index (χ2v) is 8.03. The first kappa shape index (κ1) is 30.8. The summed E-state index contributed by atoms with van der Waals surface area (Å²) in [5.74, 6) is -2.79. The lowest BCUT2D eigenvalue weighted by atomic mass is 10.1. The van der Waals surface area contributed by atoms with Gasteiger partial charge in [0.25, 0.3) is 11.8 Å². The zero-order chi connectivity index (χ0) is 29.5. The number of hydrogen-bond donors (Lipinski definition) is 10. The molecule has 212 valence electrons. The molecule has 0 aliphatic rings. The molecule has 2 heterocycles. The van der Waals surface area contributed by atoms with Crippen LogP contribution in [0.5, 0.6) is 0 Å². The van der Waals surface area contributed by atoms with Gasteiger partial charge in [-0.2, -0.15) is 5.26 Å². The van der Waals surface area contributed by atoms with Gasteiger partial charge in [0.1, 0.15) is 30.3 Å². The van der Waals surface area contributed by atoms with Crippen LogP contribution in [-0.4, -0.2) is 76.2 Å². The Bertz CT molecular complexity index is 1310. The molecule has 2 aromatic rings. The van der Waals surface area contributed by atoms with Crippen molar-refractivity contribution in [1.82, 2.24) is 26.1 Å². The fourth-order valence-electron chi connectivity index (χ4n) is 3.09. The predicted molar refractivity (Wildman–Crippen MR) is 142 cm³/mol. The van der Waals surface area contributed by atoms with Crippen molar-refractivity contribution in [3.05, 3.63) is 48.1 Å². The van der Waals surface area contributed by atoms with E-state index < -0.39 is 35.7 Å². The highest BCUT2D eigenvalue weighted by atomic mass is 16.5. The van der Waals surface area contributed by atoms with E-state index in [1.54, 1.807) is 17.6 Å². The van der Waals surface area contributed by atoms with Crippen LogP contribution in [0.3, 0.4) is 0 Å². The van der Waals surface area contributed by atoms with Crippen LogP contribution >= 0.6 is 0 Å². The Morgan fingerprint density at radius 2 is 1.68 bits per heavy atom. The highest BCUT2D eigenvalue weighted by molar-refractivity contribution is 6.05. The molecule has 2 atom stereocenters. The number of nitrogens with two attached hydrogens (primary N) is 2. The monoisotopic (exact) mass is 555 g/mol. The van der Waals surface area contributed by atoms with E-state index in [-0.39, 0.29) is 54.7 Å². The van der Waals surface area contributed by atoms with Crippen LogP contribution < -0.4 is 38.2 Å². The van der Waals surface area contributed by atoms with Crippen molar-refractivity contribution in [3.63, 3.8) is 0 Å². The quantitative estimate of drug-likeness (QED) is 0.0420. The Hall–Kier alpha value is -5.47. The first-order chi connectivity index (χ1) is 19.2. The normalized spacial score (nSPS) is 12.6. The van der Waals surface area contributed by atoms with Crippen LogP contribution in [0.4, 0.5) is 11.4 Å². The molecule has 0 spiro atoms. The average Bonchev–Trinajstić information content (AvgIpc) is 3.60. The molecular formula is C23H29N11O6. The minimum absolute atomic E-state index is 0.00489. The van der Waals surface area contributed by atoms with Crippen molar-refractivity contribution in [2.75, 3.05) is 23.7 Å². The molecule has 4 amide bonds. The fraction of sp³-hybridized carbons (Fsp3) is 0.261. The number of hydroxylamine groups is 1. The van der Waals surface area contributed by atoms with E-state index in [4.69, 9.17) is 16.7 Å². The van der Waals surface area contributed by atoms with Gasteiger partial charge >= 0.3 is 0 Å². The Kier molecular flexibility index (Phi) is 12.1. The molecule has 12 N–H and O–H groups in total. The van der Waals surface area contributed by atoms with Crippen LogP contribution in [0.15, 0.2) is 41.7 Å². The summed E-state index contributed by atoms with van der Waals surface area (Å²) in [6, 6.07) is 2.51. The van der Waals surface area contributed by atoms with E-state index in [0.717, 1.165) is 0 Å². The molecule has 0 radical (unpaired) electrons. The Balaban J connectivity index is 1.89. The standard InChI is InChI=1S/C23H29N11O6/c24-4-2-1-3-13(12-35)30-19(36)7-14(8-25)32-21(38)18-6-16(10-28-18)33-22(39)17-5-15(9-27-17)31-20(37)11-29-23(26)34-40/h1-2,5-6,9-10,12-14,27-28,40H,3-4,7,11,24H2,(H,30,36)(H,31,37)(H,32,38)(H,33,39)(H3,26,29,34). The van der Waals surface area contributed by atoms with Crippen LogP contribution in [0.2, 0.25) is 0 Å². The summed E-state index contributed by atoms with van der Waals surface area (Å²) in [7, 11) is 0. The number of nitriles is 1. The van der Waals surface area contributed by atoms with Crippen LogP contribution in [0, 0.1) is 11.3 Å². The molecule has 2 rings (SSSR count). The van der Waals surface area contributed by atoms with Crippen molar-refractivity contribution in [1.29, 1.82) is 5.26 Å². The summed E-state index contributed by atoms with van der Waals surface area (Å²) < 4.78 is 0. The number of nitrogens with zero attached hydrogens (tertiary/aromatic N) is 2. The molecule has 17 nitrogen and oxygen atoms in total. The second kappa shape index (κ2) is 15.7. The molecule has 0 saturated heterocycles. The number of aliphatic imine (C=N–C) groups is 1. The van der Waals surface area contributed by atoms with Crippen molar-refractivity contribution < 1.29 is 29.2 Å². The molecule has 40 heavy (non-hydrogen) atoms. The van der Waals surface area contributed by atoms with Gasteiger partial charge < -0.3 is 47.5 Å². The molecule has 0 aromatic carbocycles. The topological polar surface area (TPSA) is 286 Å². The Labute approximate surface area is 227 Å². The average molecular weight is 556 g/mol. The molecule has 2 unspecified atom stereocenters. The van der Waals surface area contributed by atoms with Gasteiger partial charge in [-0.1, -0.05) is 12.2 Å². The first-order valence-corrected chi connectivity index (χ1v) is 11.7. The number of aldehydes is 1. The third-order valence-electron chi connectivity index (χ3n) is 4.96.